The molecule has 0 bridgehead atoms. The molecule has 198 valence electrons. The van der Waals surface area contributed by atoms with Crippen LogP contribution in [0.5, 0.6) is 11.5 Å². The smallest absolute Gasteiger partial charge is 0.490 e. The summed E-state index contributed by atoms with van der Waals surface area (Å²) >= 11 is 0. The molecule has 37 heavy (non-hydrogen) atoms. The van der Waals surface area contributed by atoms with Gasteiger partial charge in [0, 0.05) is 12.7 Å². The summed E-state index contributed by atoms with van der Waals surface area (Å²) in [5.74, 6) is -1.61. The molecule has 2 N–H and O–H groups in total. The van der Waals surface area contributed by atoms with Gasteiger partial charge in [-0.2, -0.15) is 18.3 Å². The topological polar surface area (TPSA) is 112 Å². The van der Waals surface area contributed by atoms with Crippen LogP contribution in [0.2, 0.25) is 0 Å². The zero-order valence-electron chi connectivity index (χ0n) is 19.9. The van der Waals surface area contributed by atoms with Gasteiger partial charge in [-0.25, -0.2) is 4.79 Å². The Morgan fingerprint density at radius 3 is 2.41 bits per heavy atom. The zero-order chi connectivity index (χ0) is 26.8. The molecule has 2 heterocycles. The van der Waals surface area contributed by atoms with Crippen LogP contribution in [0.15, 0.2) is 60.8 Å². The van der Waals surface area contributed by atoms with E-state index in [4.69, 9.17) is 29.2 Å². The third-order valence-electron chi connectivity index (χ3n) is 5.21. The van der Waals surface area contributed by atoms with E-state index in [1.165, 1.54) is 11.1 Å². The SMILES string of the molecule is COc1ccc(OCC(=O)NCC2OCCc3cn(Cc4ccccc4)nc32)cc1.O=C(O)C(F)(F)F. The van der Waals surface area contributed by atoms with E-state index in [1.807, 2.05) is 22.9 Å². The number of fused-ring (bicyclic) bond motifs is 1. The lowest BCUT2D eigenvalue weighted by Gasteiger charge is -2.22. The van der Waals surface area contributed by atoms with Gasteiger partial charge >= 0.3 is 12.1 Å². The summed E-state index contributed by atoms with van der Waals surface area (Å²) in [4.78, 5) is 21.1. The molecular formula is C25H26F3N3O6. The van der Waals surface area contributed by atoms with Crippen LogP contribution < -0.4 is 14.8 Å². The lowest BCUT2D eigenvalue weighted by atomic mass is 10.1. The van der Waals surface area contributed by atoms with Gasteiger partial charge in [-0.1, -0.05) is 30.3 Å². The summed E-state index contributed by atoms with van der Waals surface area (Å²) in [5.41, 5.74) is 3.26. The number of benzene rings is 2. The van der Waals surface area contributed by atoms with Crippen LogP contribution in [-0.2, 0) is 27.3 Å². The first kappa shape index (κ1) is 27.5. The van der Waals surface area contributed by atoms with E-state index < -0.39 is 12.1 Å². The predicted octanol–water partition coefficient (Wildman–Crippen LogP) is 3.38. The zero-order valence-corrected chi connectivity index (χ0v) is 19.9. The van der Waals surface area contributed by atoms with E-state index in [2.05, 4.69) is 23.6 Å². The van der Waals surface area contributed by atoms with Gasteiger partial charge in [-0.3, -0.25) is 9.48 Å². The molecule has 0 spiro atoms. The minimum Gasteiger partial charge on any atom is -0.497 e. The summed E-state index contributed by atoms with van der Waals surface area (Å²) in [6, 6.07) is 17.3. The molecule has 1 aliphatic heterocycles. The summed E-state index contributed by atoms with van der Waals surface area (Å²) in [6.07, 6.45) is -2.43. The number of nitrogens with zero attached hydrogens (tertiary/aromatic N) is 2. The number of carboxylic acids is 1. The molecule has 0 aliphatic carbocycles. The fraction of sp³-hybridized carbons (Fsp3) is 0.320. The predicted molar refractivity (Wildman–Crippen MR) is 125 cm³/mol. The summed E-state index contributed by atoms with van der Waals surface area (Å²) in [7, 11) is 1.60. The van der Waals surface area contributed by atoms with Crippen molar-refractivity contribution >= 4 is 11.9 Å². The Hall–Kier alpha value is -4.06. The molecule has 1 atom stereocenters. The molecule has 2 aromatic carbocycles. The molecule has 12 heteroatoms. The van der Waals surface area contributed by atoms with Crippen molar-refractivity contribution in [2.24, 2.45) is 0 Å². The first-order valence-electron chi connectivity index (χ1n) is 11.2. The largest absolute Gasteiger partial charge is 0.497 e. The number of ether oxygens (including phenoxy) is 3. The van der Waals surface area contributed by atoms with Crippen LogP contribution in [0.3, 0.4) is 0 Å². The Morgan fingerprint density at radius 1 is 1.14 bits per heavy atom. The van der Waals surface area contributed by atoms with Crippen LogP contribution in [0.25, 0.3) is 0 Å². The summed E-state index contributed by atoms with van der Waals surface area (Å²) < 4.78 is 50.2. The quantitative estimate of drug-likeness (QED) is 0.468. The van der Waals surface area contributed by atoms with Crippen molar-refractivity contribution in [1.82, 2.24) is 15.1 Å². The van der Waals surface area contributed by atoms with Crippen molar-refractivity contribution in [3.8, 4) is 11.5 Å². The Bertz CT molecular complexity index is 1170. The van der Waals surface area contributed by atoms with Gasteiger partial charge in [0.25, 0.3) is 5.91 Å². The minimum absolute atomic E-state index is 0.0612. The van der Waals surface area contributed by atoms with Crippen molar-refractivity contribution in [1.29, 1.82) is 0 Å². The third kappa shape index (κ3) is 8.53. The average Bonchev–Trinajstić information content (AvgIpc) is 3.30. The second-order valence-corrected chi connectivity index (χ2v) is 7.90. The van der Waals surface area contributed by atoms with E-state index in [1.54, 1.807) is 31.4 Å². The molecule has 9 nitrogen and oxygen atoms in total. The number of hydrogen-bond donors (Lipinski definition) is 2. The molecule has 3 aromatic rings. The Balaban J connectivity index is 0.000000479. The van der Waals surface area contributed by atoms with Gasteiger partial charge in [0.05, 0.1) is 26.0 Å². The maximum absolute atomic E-state index is 12.2. The number of carbonyl (C=O) groups is 2. The Kier molecular flexibility index (Phi) is 9.50. The van der Waals surface area contributed by atoms with E-state index in [0.29, 0.717) is 25.4 Å². The van der Waals surface area contributed by atoms with Crippen molar-refractivity contribution in [3.05, 3.63) is 77.6 Å². The van der Waals surface area contributed by atoms with Gasteiger partial charge in [0.1, 0.15) is 17.6 Å². The highest BCUT2D eigenvalue weighted by atomic mass is 19.4. The Labute approximate surface area is 210 Å². The van der Waals surface area contributed by atoms with Crippen LogP contribution in [0.1, 0.15) is 22.9 Å². The van der Waals surface area contributed by atoms with Gasteiger partial charge in [0.15, 0.2) is 6.61 Å². The number of hydrogen-bond acceptors (Lipinski definition) is 6. The maximum atomic E-state index is 12.2. The fourth-order valence-electron chi connectivity index (χ4n) is 3.42. The molecule has 1 aliphatic rings. The van der Waals surface area contributed by atoms with Gasteiger partial charge in [-0.15, -0.1) is 0 Å². The van der Waals surface area contributed by atoms with Crippen molar-refractivity contribution in [2.75, 3.05) is 26.9 Å². The number of aromatic nitrogens is 2. The lowest BCUT2D eigenvalue weighted by Crippen LogP contribution is -2.34. The van der Waals surface area contributed by atoms with Gasteiger partial charge in [0.2, 0.25) is 0 Å². The van der Waals surface area contributed by atoms with Crippen molar-refractivity contribution in [3.63, 3.8) is 0 Å². The first-order chi connectivity index (χ1) is 17.7. The molecule has 1 aromatic heterocycles. The van der Waals surface area contributed by atoms with Crippen LogP contribution in [0, 0.1) is 0 Å². The normalized spacial score (nSPS) is 14.5. The maximum Gasteiger partial charge on any atom is 0.490 e. The highest BCUT2D eigenvalue weighted by Gasteiger charge is 2.38. The Morgan fingerprint density at radius 2 is 1.78 bits per heavy atom. The molecule has 0 fully saturated rings. The second kappa shape index (κ2) is 12.8. The van der Waals surface area contributed by atoms with Gasteiger partial charge < -0.3 is 24.6 Å². The monoisotopic (exact) mass is 521 g/mol. The van der Waals surface area contributed by atoms with E-state index >= 15 is 0 Å². The standard InChI is InChI=1S/C23H25N3O4.C2HF3O2/c1-28-19-7-9-20(10-8-19)30-16-22(27)24-13-21-23-18(11-12-29-21)15-26(25-23)14-17-5-3-2-4-6-17;3-2(4,5)1(6)7/h2-10,15,21H,11-14,16H2,1H3,(H,24,27);(H,6,7). The lowest BCUT2D eigenvalue weighted by molar-refractivity contribution is -0.192. The molecule has 1 amide bonds. The molecule has 4 rings (SSSR count). The molecular weight excluding hydrogens is 495 g/mol. The fourth-order valence-corrected chi connectivity index (χ4v) is 3.42. The molecule has 0 saturated heterocycles. The summed E-state index contributed by atoms with van der Waals surface area (Å²) in [5, 5.41) is 14.7. The van der Waals surface area contributed by atoms with E-state index in [0.717, 1.165) is 17.9 Å². The number of alkyl halides is 3. The highest BCUT2D eigenvalue weighted by molar-refractivity contribution is 5.77. The average molecular weight is 521 g/mol. The van der Waals surface area contributed by atoms with Crippen LogP contribution >= 0.6 is 0 Å². The number of nitrogens with one attached hydrogen (secondary N) is 1. The van der Waals surface area contributed by atoms with Crippen LogP contribution in [-0.4, -0.2) is 59.8 Å². The second-order valence-electron chi connectivity index (χ2n) is 7.90. The number of halogens is 3. The third-order valence-corrected chi connectivity index (χ3v) is 5.21. The van der Waals surface area contributed by atoms with Crippen LogP contribution in [0.4, 0.5) is 13.2 Å². The summed E-state index contributed by atoms with van der Waals surface area (Å²) in [6.45, 7) is 1.63. The highest BCUT2D eigenvalue weighted by Crippen LogP contribution is 2.25. The van der Waals surface area contributed by atoms with Crippen molar-refractivity contribution < 1.29 is 42.1 Å². The van der Waals surface area contributed by atoms with E-state index in [9.17, 15) is 18.0 Å². The molecule has 0 radical (unpaired) electrons. The number of amides is 1. The minimum atomic E-state index is -5.08. The first-order valence-corrected chi connectivity index (χ1v) is 11.2. The number of aliphatic carboxylic acids is 1. The number of methoxy groups -OCH3 is 1. The molecule has 0 saturated carbocycles. The number of rotatable bonds is 8. The molecule has 1 unspecified atom stereocenters. The van der Waals surface area contributed by atoms with Crippen molar-refractivity contribution in [2.45, 2.75) is 25.2 Å². The van der Waals surface area contributed by atoms with Gasteiger partial charge in [-0.05, 0) is 41.8 Å². The number of carboxylic acid groups (broad SMARTS) is 1. The van der Waals surface area contributed by atoms with E-state index in [-0.39, 0.29) is 18.6 Å². The number of carbonyl (C=O) groups excluding carboxylic acids is 1.